The summed E-state index contributed by atoms with van der Waals surface area (Å²) in [6.07, 6.45) is 4.21. The predicted molar refractivity (Wildman–Crippen MR) is 99.3 cm³/mol. The first-order valence-electron chi connectivity index (χ1n) is 7.77. The van der Waals surface area contributed by atoms with Gasteiger partial charge >= 0.3 is 0 Å². The van der Waals surface area contributed by atoms with E-state index in [9.17, 15) is 0 Å². The molecular formula is C17H16ClN5S. The summed E-state index contributed by atoms with van der Waals surface area (Å²) in [4.78, 5) is 14.6. The van der Waals surface area contributed by atoms with E-state index in [2.05, 4.69) is 25.6 Å². The molecule has 1 fully saturated rings. The van der Waals surface area contributed by atoms with E-state index >= 15 is 0 Å². The third kappa shape index (κ3) is 3.49. The number of anilines is 3. The number of halogens is 1. The molecule has 3 aromatic rings. The van der Waals surface area contributed by atoms with E-state index in [4.69, 9.17) is 11.6 Å². The van der Waals surface area contributed by atoms with Crippen molar-refractivity contribution < 1.29 is 0 Å². The Labute approximate surface area is 149 Å². The normalized spacial score (nSPS) is 13.8. The van der Waals surface area contributed by atoms with E-state index in [1.165, 1.54) is 12.8 Å². The van der Waals surface area contributed by atoms with Gasteiger partial charge in [-0.05, 0) is 44.0 Å². The fraction of sp³-hybridized carbons (Fsp3) is 0.235. The van der Waals surface area contributed by atoms with Crippen molar-refractivity contribution in [3.8, 4) is 10.6 Å². The Balaban J connectivity index is 1.59. The standard InChI is InChI=1S/C17H16ClN5S/c1-10-15(24-17(20-10)22-12-5-6-12)14-7-8-19-16(23-14)21-13-4-2-3-11(18)9-13/h2-4,7-9,12H,5-6H2,1H3,(H,20,22)(H,19,21,23). The second-order valence-corrected chi connectivity index (χ2v) is 7.19. The van der Waals surface area contributed by atoms with Gasteiger partial charge in [0.2, 0.25) is 5.95 Å². The SMILES string of the molecule is Cc1nc(NC2CC2)sc1-c1ccnc(Nc2cccc(Cl)c2)n1. The van der Waals surface area contributed by atoms with Crippen LogP contribution in [0.25, 0.3) is 10.6 Å². The minimum atomic E-state index is 0.541. The van der Waals surface area contributed by atoms with Crippen LogP contribution in [0, 0.1) is 6.92 Å². The van der Waals surface area contributed by atoms with E-state index in [-0.39, 0.29) is 0 Å². The summed E-state index contributed by atoms with van der Waals surface area (Å²) in [6, 6.07) is 9.99. The van der Waals surface area contributed by atoms with E-state index in [0.29, 0.717) is 17.0 Å². The van der Waals surface area contributed by atoms with Gasteiger partial charge in [0.25, 0.3) is 0 Å². The maximum Gasteiger partial charge on any atom is 0.227 e. The molecule has 0 aliphatic heterocycles. The van der Waals surface area contributed by atoms with Crippen LogP contribution in [-0.2, 0) is 0 Å². The van der Waals surface area contributed by atoms with Gasteiger partial charge in [-0.15, -0.1) is 0 Å². The molecule has 0 spiro atoms. The van der Waals surface area contributed by atoms with Crippen LogP contribution in [0.3, 0.4) is 0 Å². The first-order valence-corrected chi connectivity index (χ1v) is 8.97. The Morgan fingerprint density at radius 1 is 1.21 bits per heavy atom. The Hall–Kier alpha value is -2.18. The van der Waals surface area contributed by atoms with Crippen molar-refractivity contribution in [1.29, 1.82) is 0 Å². The zero-order chi connectivity index (χ0) is 16.5. The number of aryl methyl sites for hydroxylation is 1. The van der Waals surface area contributed by atoms with Crippen molar-refractivity contribution in [2.75, 3.05) is 10.6 Å². The maximum atomic E-state index is 6.01. The highest BCUT2D eigenvalue weighted by Gasteiger charge is 2.23. The number of rotatable bonds is 5. The molecule has 1 aliphatic rings. The van der Waals surface area contributed by atoms with Crippen molar-refractivity contribution in [3.63, 3.8) is 0 Å². The van der Waals surface area contributed by atoms with Gasteiger partial charge in [0.05, 0.1) is 16.3 Å². The lowest BCUT2D eigenvalue weighted by Crippen LogP contribution is -1.99. The Bertz CT molecular complexity index is 875. The summed E-state index contributed by atoms with van der Waals surface area (Å²) in [5, 5.41) is 8.26. The van der Waals surface area contributed by atoms with Gasteiger partial charge in [-0.2, -0.15) is 0 Å². The van der Waals surface area contributed by atoms with Crippen LogP contribution in [0.2, 0.25) is 5.02 Å². The molecule has 1 aromatic carbocycles. The van der Waals surface area contributed by atoms with Gasteiger partial charge in [0, 0.05) is 22.9 Å². The van der Waals surface area contributed by atoms with Crippen LogP contribution in [-0.4, -0.2) is 21.0 Å². The van der Waals surface area contributed by atoms with Gasteiger partial charge in [-0.1, -0.05) is 29.0 Å². The number of aromatic nitrogens is 3. The van der Waals surface area contributed by atoms with E-state index in [1.807, 2.05) is 37.3 Å². The number of hydrogen-bond acceptors (Lipinski definition) is 6. The highest BCUT2D eigenvalue weighted by atomic mass is 35.5. The van der Waals surface area contributed by atoms with Crippen molar-refractivity contribution >= 4 is 39.7 Å². The fourth-order valence-electron chi connectivity index (χ4n) is 2.34. The summed E-state index contributed by atoms with van der Waals surface area (Å²) < 4.78 is 0. The lowest BCUT2D eigenvalue weighted by Gasteiger charge is -2.06. The van der Waals surface area contributed by atoms with Crippen LogP contribution in [0.15, 0.2) is 36.5 Å². The molecule has 0 amide bonds. The number of nitrogens with zero attached hydrogens (tertiary/aromatic N) is 3. The van der Waals surface area contributed by atoms with E-state index in [1.54, 1.807) is 17.5 Å². The molecule has 0 unspecified atom stereocenters. The lowest BCUT2D eigenvalue weighted by atomic mass is 10.3. The maximum absolute atomic E-state index is 6.01. The molecule has 0 atom stereocenters. The monoisotopic (exact) mass is 357 g/mol. The Morgan fingerprint density at radius 2 is 2.08 bits per heavy atom. The molecule has 1 saturated carbocycles. The number of thiazole rings is 1. The second kappa shape index (κ2) is 6.37. The molecule has 0 radical (unpaired) electrons. The molecule has 5 nitrogen and oxygen atoms in total. The first-order chi connectivity index (χ1) is 11.7. The largest absolute Gasteiger partial charge is 0.359 e. The minimum absolute atomic E-state index is 0.541. The lowest BCUT2D eigenvalue weighted by molar-refractivity contribution is 1.12. The highest BCUT2D eigenvalue weighted by Crippen LogP contribution is 2.34. The Kier molecular flexibility index (Phi) is 4.08. The van der Waals surface area contributed by atoms with Crippen LogP contribution in [0.1, 0.15) is 18.5 Å². The van der Waals surface area contributed by atoms with Crippen molar-refractivity contribution in [2.45, 2.75) is 25.8 Å². The van der Waals surface area contributed by atoms with E-state index < -0.39 is 0 Å². The summed E-state index contributed by atoms with van der Waals surface area (Å²) in [5.74, 6) is 0.541. The zero-order valence-electron chi connectivity index (χ0n) is 13.1. The van der Waals surface area contributed by atoms with Crippen LogP contribution < -0.4 is 10.6 Å². The molecule has 0 saturated heterocycles. The number of benzene rings is 1. The highest BCUT2D eigenvalue weighted by molar-refractivity contribution is 7.19. The average Bonchev–Trinajstić information content (AvgIpc) is 3.29. The first kappa shape index (κ1) is 15.4. The topological polar surface area (TPSA) is 62.7 Å². The van der Waals surface area contributed by atoms with Crippen LogP contribution in [0.4, 0.5) is 16.8 Å². The van der Waals surface area contributed by atoms with Crippen molar-refractivity contribution in [3.05, 3.63) is 47.2 Å². The molecule has 1 aliphatic carbocycles. The summed E-state index contributed by atoms with van der Waals surface area (Å²) in [5.41, 5.74) is 2.71. The molecule has 2 heterocycles. The molecule has 0 bridgehead atoms. The molecule has 2 aromatic heterocycles. The second-order valence-electron chi connectivity index (χ2n) is 5.75. The summed E-state index contributed by atoms with van der Waals surface area (Å²) in [6.45, 7) is 2.01. The third-order valence-electron chi connectivity index (χ3n) is 3.67. The fourth-order valence-corrected chi connectivity index (χ4v) is 3.54. The molecule has 122 valence electrons. The third-order valence-corrected chi connectivity index (χ3v) is 5.02. The van der Waals surface area contributed by atoms with Gasteiger partial charge in [0.1, 0.15) is 0 Å². The molecule has 7 heteroatoms. The Morgan fingerprint density at radius 3 is 2.88 bits per heavy atom. The number of nitrogens with one attached hydrogen (secondary N) is 2. The van der Waals surface area contributed by atoms with E-state index in [0.717, 1.165) is 27.1 Å². The van der Waals surface area contributed by atoms with Crippen molar-refractivity contribution in [2.24, 2.45) is 0 Å². The van der Waals surface area contributed by atoms with Gasteiger partial charge in [-0.25, -0.2) is 15.0 Å². The predicted octanol–water partition coefficient (Wildman–Crippen LogP) is 4.88. The molecule has 24 heavy (non-hydrogen) atoms. The molecular weight excluding hydrogens is 342 g/mol. The minimum Gasteiger partial charge on any atom is -0.359 e. The van der Waals surface area contributed by atoms with Gasteiger partial charge < -0.3 is 10.6 Å². The molecule has 2 N–H and O–H groups in total. The number of hydrogen-bond donors (Lipinski definition) is 2. The summed E-state index contributed by atoms with van der Waals surface area (Å²) >= 11 is 7.65. The van der Waals surface area contributed by atoms with Gasteiger partial charge in [-0.3, -0.25) is 0 Å². The van der Waals surface area contributed by atoms with Gasteiger partial charge in [0.15, 0.2) is 5.13 Å². The summed E-state index contributed by atoms with van der Waals surface area (Å²) in [7, 11) is 0. The smallest absolute Gasteiger partial charge is 0.227 e. The molecule has 4 rings (SSSR count). The zero-order valence-corrected chi connectivity index (χ0v) is 14.7. The van der Waals surface area contributed by atoms with Crippen LogP contribution in [0.5, 0.6) is 0 Å². The quantitative estimate of drug-likeness (QED) is 0.681. The van der Waals surface area contributed by atoms with Crippen molar-refractivity contribution in [1.82, 2.24) is 15.0 Å². The average molecular weight is 358 g/mol. The van der Waals surface area contributed by atoms with Crippen LogP contribution >= 0.6 is 22.9 Å².